The van der Waals surface area contributed by atoms with E-state index in [0.717, 1.165) is 11.1 Å². The first-order valence-corrected chi connectivity index (χ1v) is 6.49. The Balaban J connectivity index is 3.43. The van der Waals surface area contributed by atoms with Crippen molar-refractivity contribution in [1.82, 2.24) is 0 Å². The van der Waals surface area contributed by atoms with E-state index in [9.17, 15) is 4.79 Å². The van der Waals surface area contributed by atoms with Gasteiger partial charge in [0.25, 0.3) is 0 Å². The van der Waals surface area contributed by atoms with Crippen LogP contribution in [-0.2, 0) is 4.79 Å². The quantitative estimate of drug-likeness (QED) is 0.817. The molecule has 0 aliphatic heterocycles. The molecule has 1 aromatic rings. The van der Waals surface area contributed by atoms with Crippen molar-refractivity contribution in [3.05, 3.63) is 35.4 Å². The smallest absolute Gasteiger partial charge is 0.328 e. The lowest BCUT2D eigenvalue weighted by molar-refractivity contribution is -0.131. The molecule has 0 saturated carbocycles. The number of methoxy groups -OCH3 is 1. The number of hydrogen-bond donors (Lipinski definition) is 1. The summed E-state index contributed by atoms with van der Waals surface area (Å²) in [6.07, 6.45) is 1.27. The first kappa shape index (κ1) is 15.3. The van der Waals surface area contributed by atoms with Gasteiger partial charge in [0.2, 0.25) is 0 Å². The summed E-state index contributed by atoms with van der Waals surface area (Å²) >= 11 is 0. The molecule has 0 unspecified atom stereocenters. The molecule has 0 bridgehead atoms. The topological polar surface area (TPSA) is 46.5 Å². The fraction of sp³-hybridized carbons (Fsp3) is 0.438. The standard InChI is InChI=1S/C16H22O3/c1-10(2)12-6-7-15(19-5)14(8-12)13(11(3)4)9-16(17)18/h6-11H,1-5H3,(H,17,18)/b13-9+. The lowest BCUT2D eigenvalue weighted by atomic mass is 9.90. The highest BCUT2D eigenvalue weighted by Crippen LogP contribution is 2.33. The van der Waals surface area contributed by atoms with Gasteiger partial charge < -0.3 is 9.84 Å². The molecule has 19 heavy (non-hydrogen) atoms. The van der Waals surface area contributed by atoms with E-state index in [-0.39, 0.29) is 5.92 Å². The number of benzene rings is 1. The molecule has 0 radical (unpaired) electrons. The SMILES string of the molecule is COc1ccc(C(C)C)cc1/C(=C/C(=O)O)C(C)C. The summed E-state index contributed by atoms with van der Waals surface area (Å²) < 4.78 is 5.36. The minimum absolute atomic E-state index is 0.118. The molecule has 1 aromatic carbocycles. The second-order valence-corrected chi connectivity index (χ2v) is 5.21. The van der Waals surface area contributed by atoms with Crippen LogP contribution in [-0.4, -0.2) is 18.2 Å². The summed E-state index contributed by atoms with van der Waals surface area (Å²) in [7, 11) is 1.60. The van der Waals surface area contributed by atoms with Crippen LogP contribution in [0.3, 0.4) is 0 Å². The Bertz CT molecular complexity index is 485. The molecule has 0 aromatic heterocycles. The van der Waals surface area contributed by atoms with Crippen molar-refractivity contribution in [2.75, 3.05) is 7.11 Å². The van der Waals surface area contributed by atoms with E-state index in [1.54, 1.807) is 7.11 Å². The van der Waals surface area contributed by atoms with E-state index >= 15 is 0 Å². The third-order valence-electron chi connectivity index (χ3n) is 3.10. The zero-order valence-electron chi connectivity index (χ0n) is 12.2. The highest BCUT2D eigenvalue weighted by Gasteiger charge is 2.15. The van der Waals surface area contributed by atoms with E-state index in [2.05, 4.69) is 13.8 Å². The third-order valence-corrected chi connectivity index (χ3v) is 3.10. The summed E-state index contributed by atoms with van der Waals surface area (Å²) in [5.41, 5.74) is 2.82. The molecule has 1 rings (SSSR count). The predicted octanol–water partition coefficient (Wildman–Crippen LogP) is 3.94. The number of ether oxygens (including phenoxy) is 1. The van der Waals surface area contributed by atoms with Gasteiger partial charge in [-0.2, -0.15) is 0 Å². The minimum atomic E-state index is -0.930. The molecule has 0 aliphatic rings. The minimum Gasteiger partial charge on any atom is -0.496 e. The second-order valence-electron chi connectivity index (χ2n) is 5.21. The van der Waals surface area contributed by atoms with Crippen molar-refractivity contribution >= 4 is 11.5 Å². The lowest BCUT2D eigenvalue weighted by Gasteiger charge is -2.17. The summed E-state index contributed by atoms with van der Waals surface area (Å²) in [6.45, 7) is 8.19. The molecule has 3 heteroatoms. The number of rotatable bonds is 5. The van der Waals surface area contributed by atoms with Gasteiger partial charge >= 0.3 is 5.97 Å². The van der Waals surface area contributed by atoms with Gasteiger partial charge in [-0.15, -0.1) is 0 Å². The van der Waals surface area contributed by atoms with E-state index in [4.69, 9.17) is 9.84 Å². The molecule has 0 spiro atoms. The van der Waals surface area contributed by atoms with Crippen molar-refractivity contribution < 1.29 is 14.6 Å². The Kier molecular flexibility index (Phi) is 5.16. The largest absolute Gasteiger partial charge is 0.496 e. The van der Waals surface area contributed by atoms with Gasteiger partial charge in [0.05, 0.1) is 7.11 Å². The van der Waals surface area contributed by atoms with E-state index in [1.165, 1.54) is 11.6 Å². The number of allylic oxidation sites excluding steroid dienone is 1. The average molecular weight is 262 g/mol. The van der Waals surface area contributed by atoms with Crippen LogP contribution in [0, 0.1) is 5.92 Å². The van der Waals surface area contributed by atoms with Gasteiger partial charge in [-0.05, 0) is 35.1 Å². The van der Waals surface area contributed by atoms with Crippen molar-refractivity contribution in [2.24, 2.45) is 5.92 Å². The molecule has 0 aliphatic carbocycles. The van der Waals surface area contributed by atoms with Gasteiger partial charge in [0, 0.05) is 11.6 Å². The Morgan fingerprint density at radius 2 is 1.89 bits per heavy atom. The highest BCUT2D eigenvalue weighted by atomic mass is 16.5. The second kappa shape index (κ2) is 6.41. The van der Waals surface area contributed by atoms with Crippen molar-refractivity contribution in [3.8, 4) is 5.75 Å². The van der Waals surface area contributed by atoms with E-state index < -0.39 is 5.97 Å². The fourth-order valence-corrected chi connectivity index (χ4v) is 2.00. The van der Waals surface area contributed by atoms with Crippen LogP contribution < -0.4 is 4.74 Å². The Morgan fingerprint density at radius 3 is 2.32 bits per heavy atom. The summed E-state index contributed by atoms with van der Waals surface area (Å²) in [6, 6.07) is 5.95. The van der Waals surface area contributed by atoms with Crippen molar-refractivity contribution in [1.29, 1.82) is 0 Å². The summed E-state index contributed by atoms with van der Waals surface area (Å²) in [5.74, 6) is 0.293. The monoisotopic (exact) mass is 262 g/mol. The maximum atomic E-state index is 11.0. The number of carbonyl (C=O) groups is 1. The molecular formula is C16H22O3. The van der Waals surface area contributed by atoms with E-state index in [0.29, 0.717) is 11.7 Å². The maximum Gasteiger partial charge on any atom is 0.328 e. The van der Waals surface area contributed by atoms with Gasteiger partial charge in [-0.25, -0.2) is 4.79 Å². The van der Waals surface area contributed by atoms with Crippen LogP contribution in [0.15, 0.2) is 24.3 Å². The molecule has 0 amide bonds. The Morgan fingerprint density at radius 1 is 1.26 bits per heavy atom. The molecule has 0 heterocycles. The molecular weight excluding hydrogens is 240 g/mol. The number of aliphatic carboxylic acids is 1. The maximum absolute atomic E-state index is 11.0. The van der Waals surface area contributed by atoms with Crippen LogP contribution in [0.1, 0.15) is 44.7 Å². The summed E-state index contributed by atoms with van der Waals surface area (Å²) in [5, 5.41) is 9.02. The van der Waals surface area contributed by atoms with Crippen LogP contribution in [0.4, 0.5) is 0 Å². The van der Waals surface area contributed by atoms with Crippen LogP contribution in [0.25, 0.3) is 5.57 Å². The predicted molar refractivity (Wildman–Crippen MR) is 77.5 cm³/mol. The van der Waals surface area contributed by atoms with Gasteiger partial charge in [0.15, 0.2) is 0 Å². The molecule has 1 N–H and O–H groups in total. The first-order valence-electron chi connectivity index (χ1n) is 6.49. The van der Waals surface area contributed by atoms with Crippen LogP contribution in [0.2, 0.25) is 0 Å². The molecule has 0 fully saturated rings. The van der Waals surface area contributed by atoms with Crippen LogP contribution in [0.5, 0.6) is 5.75 Å². The first-order chi connectivity index (χ1) is 8.86. The lowest BCUT2D eigenvalue weighted by Crippen LogP contribution is -2.02. The number of hydrogen-bond acceptors (Lipinski definition) is 2. The average Bonchev–Trinajstić information content (AvgIpc) is 2.34. The number of carboxylic acids is 1. The summed E-state index contributed by atoms with van der Waals surface area (Å²) in [4.78, 5) is 11.0. The molecule has 104 valence electrons. The highest BCUT2D eigenvalue weighted by molar-refractivity contribution is 5.91. The molecule has 3 nitrogen and oxygen atoms in total. The van der Waals surface area contributed by atoms with Crippen molar-refractivity contribution in [2.45, 2.75) is 33.6 Å². The van der Waals surface area contributed by atoms with Gasteiger partial charge in [0.1, 0.15) is 5.75 Å². The van der Waals surface area contributed by atoms with Gasteiger partial charge in [-0.1, -0.05) is 33.8 Å². The molecule has 0 atom stereocenters. The number of carboxylic acid groups (broad SMARTS) is 1. The fourth-order valence-electron chi connectivity index (χ4n) is 2.00. The van der Waals surface area contributed by atoms with Gasteiger partial charge in [-0.3, -0.25) is 0 Å². The Labute approximate surface area is 114 Å². The van der Waals surface area contributed by atoms with E-state index in [1.807, 2.05) is 32.0 Å². The third kappa shape index (κ3) is 3.85. The Hall–Kier alpha value is -1.77. The molecule has 0 saturated heterocycles. The van der Waals surface area contributed by atoms with Crippen LogP contribution >= 0.6 is 0 Å². The van der Waals surface area contributed by atoms with Crippen molar-refractivity contribution in [3.63, 3.8) is 0 Å². The normalized spacial score (nSPS) is 12.1. The zero-order chi connectivity index (χ0) is 14.6. The zero-order valence-corrected chi connectivity index (χ0v) is 12.2.